The van der Waals surface area contributed by atoms with E-state index in [9.17, 15) is 18.8 Å². The number of ether oxygens (including phenoxy) is 1. The summed E-state index contributed by atoms with van der Waals surface area (Å²) >= 11 is 2.70. The molecule has 3 aromatic carbocycles. The molecule has 0 N–H and O–H groups in total. The minimum atomic E-state index is -0.957. The molecule has 2 heterocycles. The molecule has 1 atom stereocenters. The van der Waals surface area contributed by atoms with E-state index in [-0.39, 0.29) is 11.9 Å². The molecule has 208 valence electrons. The van der Waals surface area contributed by atoms with Crippen molar-refractivity contribution in [1.29, 1.82) is 5.26 Å². The Morgan fingerprint density at radius 3 is 2.56 bits per heavy atom. The van der Waals surface area contributed by atoms with E-state index in [1.165, 1.54) is 42.5 Å². The van der Waals surface area contributed by atoms with Gasteiger partial charge in [-0.25, -0.2) is 8.78 Å². The molecule has 5 rings (SSSR count). The summed E-state index contributed by atoms with van der Waals surface area (Å²) in [5.74, 6) is -2.55. The van der Waals surface area contributed by atoms with Gasteiger partial charge < -0.3 is 9.64 Å². The molecule has 1 unspecified atom stereocenters. The third kappa shape index (κ3) is 5.58. The van der Waals surface area contributed by atoms with Gasteiger partial charge in [-0.15, -0.1) is 11.3 Å². The van der Waals surface area contributed by atoms with Crippen LogP contribution in [0.5, 0.6) is 0 Å². The second-order valence-electron chi connectivity index (χ2n) is 9.84. The van der Waals surface area contributed by atoms with Crippen LogP contribution in [0.15, 0.2) is 77.0 Å². The van der Waals surface area contributed by atoms with Crippen LogP contribution in [0.1, 0.15) is 17.4 Å². The molecule has 9 heteroatoms. The molecule has 0 saturated heterocycles. The molecular formula is C32H27F2N3O2S2. The first kappa shape index (κ1) is 28.4. The highest BCUT2D eigenvalue weighted by Gasteiger charge is 2.26. The smallest absolute Gasteiger partial charge is 0.310 e. The van der Waals surface area contributed by atoms with Crippen molar-refractivity contribution >= 4 is 45.8 Å². The average Bonchev–Trinajstić information content (AvgIpc) is 3.56. The summed E-state index contributed by atoms with van der Waals surface area (Å²) in [6, 6.07) is 22.3. The molecule has 0 amide bonds. The van der Waals surface area contributed by atoms with E-state index in [1.807, 2.05) is 89.7 Å². The third-order valence-electron chi connectivity index (χ3n) is 6.93. The third-order valence-corrected chi connectivity index (χ3v) is 8.80. The van der Waals surface area contributed by atoms with Crippen molar-refractivity contribution in [1.82, 2.24) is 3.97 Å². The Labute approximate surface area is 245 Å². The Hall–Kier alpha value is -4.13. The molecule has 0 bridgehead atoms. The van der Waals surface area contributed by atoms with Crippen LogP contribution in [0, 0.1) is 35.8 Å². The number of rotatable bonds is 8. The number of carbonyl (C=O) groups excluding carboxylic acids is 1. The maximum absolute atomic E-state index is 14.8. The Morgan fingerprint density at radius 2 is 1.85 bits per heavy atom. The lowest BCUT2D eigenvalue weighted by Crippen LogP contribution is -2.29. The predicted octanol–water partition coefficient (Wildman–Crippen LogP) is 8.30. The second-order valence-corrected chi connectivity index (χ2v) is 11.8. The Morgan fingerprint density at radius 1 is 1.12 bits per heavy atom. The number of aromatic nitrogens is 1. The van der Waals surface area contributed by atoms with E-state index >= 15 is 0 Å². The molecule has 0 fully saturated rings. The minimum Gasteiger partial charge on any atom is -0.469 e. The van der Waals surface area contributed by atoms with Crippen molar-refractivity contribution < 1.29 is 18.3 Å². The van der Waals surface area contributed by atoms with Crippen molar-refractivity contribution in [3.05, 3.63) is 94.2 Å². The van der Waals surface area contributed by atoms with Gasteiger partial charge in [-0.1, -0.05) is 36.8 Å². The van der Waals surface area contributed by atoms with Crippen molar-refractivity contribution in [2.24, 2.45) is 5.92 Å². The number of carbonyl (C=O) groups is 1. The number of anilines is 1. The molecular weight excluding hydrogens is 561 g/mol. The molecule has 0 radical (unpaired) electrons. The molecule has 0 saturated carbocycles. The van der Waals surface area contributed by atoms with Crippen LogP contribution in [0.25, 0.3) is 33.3 Å². The highest BCUT2D eigenvalue weighted by Crippen LogP contribution is 2.47. The number of methoxy groups -OCH3 is 1. The number of hydrogen-bond acceptors (Lipinski definition) is 6. The normalized spacial score (nSPS) is 11.8. The van der Waals surface area contributed by atoms with E-state index in [4.69, 9.17) is 4.74 Å². The number of esters is 1. The summed E-state index contributed by atoms with van der Waals surface area (Å²) in [7, 11) is 3.27. The Kier molecular flexibility index (Phi) is 8.15. The Balaban J connectivity index is 1.77. The van der Waals surface area contributed by atoms with Crippen LogP contribution in [-0.4, -0.2) is 30.6 Å². The summed E-state index contributed by atoms with van der Waals surface area (Å²) in [5.41, 5.74) is 5.26. The van der Waals surface area contributed by atoms with E-state index in [1.54, 1.807) is 0 Å². The zero-order chi connectivity index (χ0) is 29.3. The number of hydrogen-bond donors (Lipinski definition) is 0. The lowest BCUT2D eigenvalue weighted by Gasteiger charge is -2.23. The fraction of sp³-hybridized carbons (Fsp3) is 0.188. The van der Waals surface area contributed by atoms with E-state index in [2.05, 4.69) is 6.07 Å². The average molecular weight is 588 g/mol. The minimum absolute atomic E-state index is 0.296. The first-order valence-corrected chi connectivity index (χ1v) is 14.5. The largest absolute Gasteiger partial charge is 0.469 e. The van der Waals surface area contributed by atoms with E-state index in [0.29, 0.717) is 39.1 Å². The number of thiophene rings is 1. The molecule has 5 aromatic rings. The van der Waals surface area contributed by atoms with Crippen LogP contribution in [0.4, 0.5) is 14.5 Å². The lowest BCUT2D eigenvalue weighted by molar-refractivity contribution is -0.144. The fourth-order valence-electron chi connectivity index (χ4n) is 4.86. The van der Waals surface area contributed by atoms with Crippen LogP contribution < -0.4 is 4.90 Å². The monoisotopic (exact) mass is 587 g/mol. The lowest BCUT2D eigenvalue weighted by atomic mass is 9.98. The van der Waals surface area contributed by atoms with Gasteiger partial charge in [-0.05, 0) is 60.6 Å². The van der Waals surface area contributed by atoms with Crippen LogP contribution in [-0.2, 0) is 9.53 Å². The van der Waals surface area contributed by atoms with Gasteiger partial charge in [-0.2, -0.15) is 5.26 Å². The second kappa shape index (κ2) is 11.8. The molecule has 0 aliphatic carbocycles. The number of aryl methyl sites for hydroxylation is 1. The first-order chi connectivity index (χ1) is 19.7. The first-order valence-electron chi connectivity index (χ1n) is 12.9. The summed E-state index contributed by atoms with van der Waals surface area (Å²) in [4.78, 5) is 15.4. The van der Waals surface area contributed by atoms with Crippen LogP contribution in [0.3, 0.4) is 0 Å². The summed E-state index contributed by atoms with van der Waals surface area (Å²) in [6.07, 6.45) is 0. The highest BCUT2D eigenvalue weighted by molar-refractivity contribution is 7.98. The standard InChI is InChI=1S/C32H27F2N3O2S2/c1-19-8-10-23(11-9-19)41-37-28-16-27(34)26(33)15-25(28)30(24-12-13-40-29(24)17-35)31(37)21-6-5-7-22(14-21)36(3)18-20(2)32(38)39-4/h5-16,20H,18H2,1-4H3. The maximum Gasteiger partial charge on any atom is 0.310 e. The van der Waals surface area contributed by atoms with Crippen molar-refractivity contribution in [2.75, 3.05) is 25.6 Å². The van der Waals surface area contributed by atoms with Crippen molar-refractivity contribution in [3.63, 3.8) is 0 Å². The van der Waals surface area contributed by atoms with Crippen molar-refractivity contribution in [2.45, 2.75) is 18.7 Å². The maximum atomic E-state index is 14.8. The molecule has 2 aromatic heterocycles. The van der Waals surface area contributed by atoms with Gasteiger partial charge in [0.2, 0.25) is 0 Å². The van der Waals surface area contributed by atoms with Gasteiger partial charge in [0.25, 0.3) is 0 Å². The van der Waals surface area contributed by atoms with Crippen molar-refractivity contribution in [3.8, 4) is 28.5 Å². The van der Waals surface area contributed by atoms with Gasteiger partial charge in [-0.3, -0.25) is 8.77 Å². The number of benzene rings is 3. The topological polar surface area (TPSA) is 58.3 Å². The van der Waals surface area contributed by atoms with Gasteiger partial charge in [0.05, 0.1) is 24.2 Å². The molecule has 0 spiro atoms. The Bertz CT molecular complexity index is 1790. The highest BCUT2D eigenvalue weighted by atomic mass is 32.2. The predicted molar refractivity (Wildman–Crippen MR) is 162 cm³/mol. The molecule has 0 aliphatic heterocycles. The van der Waals surface area contributed by atoms with Crippen LogP contribution >= 0.6 is 23.3 Å². The van der Waals surface area contributed by atoms with Gasteiger partial charge in [0.15, 0.2) is 11.6 Å². The molecule has 41 heavy (non-hydrogen) atoms. The van der Waals surface area contributed by atoms with Gasteiger partial charge in [0, 0.05) is 52.3 Å². The van der Waals surface area contributed by atoms with Gasteiger partial charge >= 0.3 is 5.97 Å². The quantitative estimate of drug-likeness (QED) is 0.171. The SMILES string of the molecule is COC(=O)C(C)CN(C)c1cccc(-c2c(-c3ccsc3C#N)c3cc(F)c(F)cc3n2Sc2ccc(C)cc2)c1. The number of nitriles is 1. The van der Waals surface area contributed by atoms with Crippen LogP contribution in [0.2, 0.25) is 0 Å². The summed E-state index contributed by atoms with van der Waals surface area (Å²) in [6.45, 7) is 4.25. The number of fused-ring (bicyclic) bond motifs is 1. The van der Waals surface area contributed by atoms with E-state index < -0.39 is 11.6 Å². The van der Waals surface area contributed by atoms with Gasteiger partial charge in [0.1, 0.15) is 10.9 Å². The van der Waals surface area contributed by atoms with E-state index in [0.717, 1.165) is 21.7 Å². The molecule has 0 aliphatic rings. The summed E-state index contributed by atoms with van der Waals surface area (Å²) in [5, 5.41) is 12.2. The molecule has 5 nitrogen and oxygen atoms in total. The fourth-order valence-corrected chi connectivity index (χ4v) is 6.56. The zero-order valence-electron chi connectivity index (χ0n) is 22.9. The zero-order valence-corrected chi connectivity index (χ0v) is 24.6. The number of nitrogens with zero attached hydrogens (tertiary/aromatic N) is 3. The summed E-state index contributed by atoms with van der Waals surface area (Å²) < 4.78 is 36.3. The number of halogens is 2.